The van der Waals surface area contributed by atoms with Crippen molar-refractivity contribution in [1.29, 1.82) is 0 Å². The molecule has 2 aromatic carbocycles. The predicted octanol–water partition coefficient (Wildman–Crippen LogP) is 4.54. The lowest BCUT2D eigenvalue weighted by Gasteiger charge is -2.07. The first-order valence-electron chi connectivity index (χ1n) is 7.07. The molecule has 0 atom stereocenters. The van der Waals surface area contributed by atoms with Crippen molar-refractivity contribution in [3.05, 3.63) is 59.1 Å². The summed E-state index contributed by atoms with van der Waals surface area (Å²) < 4.78 is 28.3. The Hall–Kier alpha value is -2.47. The highest BCUT2D eigenvalue weighted by Crippen LogP contribution is 2.18. The lowest BCUT2D eigenvalue weighted by molar-refractivity contribution is -0.116. The minimum atomic E-state index is -2.90. The maximum absolute atomic E-state index is 12.0. The van der Waals surface area contributed by atoms with E-state index in [4.69, 9.17) is 11.6 Å². The fourth-order valence-electron chi connectivity index (χ4n) is 1.95. The normalized spacial score (nSPS) is 10.5. The molecule has 126 valence electrons. The number of halogens is 3. The van der Waals surface area contributed by atoms with Crippen molar-refractivity contribution in [2.45, 2.75) is 19.5 Å². The van der Waals surface area contributed by atoms with Gasteiger partial charge in [-0.3, -0.25) is 9.59 Å². The Balaban J connectivity index is 1.82. The summed E-state index contributed by atoms with van der Waals surface area (Å²) in [5, 5.41) is 3.11. The molecule has 0 aliphatic heterocycles. The van der Waals surface area contributed by atoms with E-state index in [9.17, 15) is 18.4 Å². The maximum atomic E-state index is 12.0. The SMILES string of the molecule is O=C(CCC(=O)c1ccc(Cl)cc1)Nc1ccc(OC(F)F)cc1. The van der Waals surface area contributed by atoms with Crippen LogP contribution in [0.4, 0.5) is 14.5 Å². The largest absolute Gasteiger partial charge is 0.435 e. The van der Waals surface area contributed by atoms with Crippen LogP contribution >= 0.6 is 11.6 Å². The molecule has 0 aliphatic carbocycles. The number of nitrogens with one attached hydrogen (secondary N) is 1. The van der Waals surface area contributed by atoms with Crippen LogP contribution in [-0.4, -0.2) is 18.3 Å². The van der Waals surface area contributed by atoms with E-state index >= 15 is 0 Å². The molecule has 0 saturated carbocycles. The molecule has 0 saturated heterocycles. The zero-order valence-corrected chi connectivity index (χ0v) is 13.2. The van der Waals surface area contributed by atoms with E-state index in [2.05, 4.69) is 10.1 Å². The molecule has 7 heteroatoms. The van der Waals surface area contributed by atoms with Crippen molar-refractivity contribution >= 4 is 29.0 Å². The maximum Gasteiger partial charge on any atom is 0.387 e. The highest BCUT2D eigenvalue weighted by molar-refractivity contribution is 6.30. The van der Waals surface area contributed by atoms with E-state index in [1.54, 1.807) is 24.3 Å². The first kappa shape index (κ1) is 17.9. The van der Waals surface area contributed by atoms with Crippen LogP contribution in [0, 0.1) is 0 Å². The van der Waals surface area contributed by atoms with Gasteiger partial charge in [0.2, 0.25) is 5.91 Å². The summed E-state index contributed by atoms with van der Waals surface area (Å²) in [6.45, 7) is -2.90. The first-order valence-corrected chi connectivity index (χ1v) is 7.45. The van der Waals surface area contributed by atoms with Crippen LogP contribution < -0.4 is 10.1 Å². The van der Waals surface area contributed by atoms with E-state index in [1.165, 1.54) is 24.3 Å². The van der Waals surface area contributed by atoms with E-state index in [-0.39, 0.29) is 30.3 Å². The van der Waals surface area contributed by atoms with Gasteiger partial charge >= 0.3 is 6.61 Å². The van der Waals surface area contributed by atoms with Crippen molar-refractivity contribution in [1.82, 2.24) is 0 Å². The molecule has 0 spiro atoms. The van der Waals surface area contributed by atoms with Crippen LogP contribution in [-0.2, 0) is 4.79 Å². The number of carbonyl (C=O) groups is 2. The summed E-state index contributed by atoms with van der Waals surface area (Å²) in [4.78, 5) is 23.8. The second kappa shape index (κ2) is 8.40. The highest BCUT2D eigenvalue weighted by Gasteiger charge is 2.10. The average Bonchev–Trinajstić information content (AvgIpc) is 2.54. The Morgan fingerprint density at radius 2 is 1.62 bits per heavy atom. The zero-order valence-electron chi connectivity index (χ0n) is 12.5. The summed E-state index contributed by atoms with van der Waals surface area (Å²) in [6.07, 6.45) is 0.0663. The molecule has 0 unspecified atom stereocenters. The average molecular weight is 354 g/mol. The molecule has 0 fully saturated rings. The molecule has 1 amide bonds. The number of rotatable bonds is 7. The molecular weight excluding hydrogens is 340 g/mol. The number of anilines is 1. The molecule has 0 heterocycles. The van der Waals surface area contributed by atoms with Gasteiger partial charge in [-0.25, -0.2) is 0 Å². The smallest absolute Gasteiger partial charge is 0.387 e. The van der Waals surface area contributed by atoms with Gasteiger partial charge in [0.05, 0.1) is 0 Å². The number of ketones is 1. The number of benzene rings is 2. The molecule has 0 aromatic heterocycles. The van der Waals surface area contributed by atoms with Crippen LogP contribution in [0.2, 0.25) is 5.02 Å². The van der Waals surface area contributed by atoms with Crippen LogP contribution in [0.15, 0.2) is 48.5 Å². The third-order valence-corrected chi connectivity index (χ3v) is 3.36. The number of Topliss-reactive ketones (excluding diaryl/α,β-unsaturated/α-hetero) is 1. The topological polar surface area (TPSA) is 55.4 Å². The predicted molar refractivity (Wildman–Crippen MR) is 86.7 cm³/mol. The molecule has 2 aromatic rings. The molecule has 24 heavy (non-hydrogen) atoms. The van der Waals surface area contributed by atoms with Gasteiger partial charge in [0, 0.05) is 29.1 Å². The zero-order chi connectivity index (χ0) is 17.5. The van der Waals surface area contributed by atoms with Crippen molar-refractivity contribution in [2.75, 3.05) is 5.32 Å². The number of hydrogen-bond donors (Lipinski definition) is 1. The third kappa shape index (κ3) is 5.62. The second-order valence-corrected chi connectivity index (χ2v) is 5.32. The van der Waals surface area contributed by atoms with E-state index in [0.717, 1.165) is 0 Å². The van der Waals surface area contributed by atoms with Crippen molar-refractivity contribution in [3.8, 4) is 5.75 Å². The second-order valence-electron chi connectivity index (χ2n) is 4.88. The van der Waals surface area contributed by atoms with Gasteiger partial charge in [-0.15, -0.1) is 0 Å². The molecule has 1 N–H and O–H groups in total. The third-order valence-electron chi connectivity index (χ3n) is 3.11. The van der Waals surface area contributed by atoms with E-state index in [1.807, 2.05) is 0 Å². The Kier molecular flexibility index (Phi) is 6.26. The Morgan fingerprint density at radius 1 is 1.00 bits per heavy atom. The molecule has 4 nitrogen and oxygen atoms in total. The lowest BCUT2D eigenvalue weighted by Crippen LogP contribution is -2.13. The van der Waals surface area contributed by atoms with Crippen LogP contribution in [0.5, 0.6) is 5.75 Å². The first-order chi connectivity index (χ1) is 11.4. The number of alkyl halides is 2. The Morgan fingerprint density at radius 3 is 2.21 bits per heavy atom. The van der Waals surface area contributed by atoms with E-state index < -0.39 is 6.61 Å². The van der Waals surface area contributed by atoms with Crippen LogP contribution in [0.3, 0.4) is 0 Å². The lowest BCUT2D eigenvalue weighted by atomic mass is 10.1. The molecule has 0 radical (unpaired) electrons. The fourth-order valence-corrected chi connectivity index (χ4v) is 2.08. The number of carbonyl (C=O) groups excluding carboxylic acids is 2. The molecule has 2 rings (SSSR count). The minimum Gasteiger partial charge on any atom is -0.435 e. The van der Waals surface area contributed by atoms with Gasteiger partial charge in [-0.2, -0.15) is 8.78 Å². The Bertz CT molecular complexity index is 703. The van der Waals surface area contributed by atoms with Gasteiger partial charge < -0.3 is 10.1 Å². The number of ether oxygens (including phenoxy) is 1. The highest BCUT2D eigenvalue weighted by atomic mass is 35.5. The molecular formula is C17H14ClF2NO3. The van der Waals surface area contributed by atoms with Gasteiger partial charge in [0.25, 0.3) is 0 Å². The van der Waals surface area contributed by atoms with Crippen molar-refractivity contribution in [2.24, 2.45) is 0 Å². The Labute approximate surface area is 142 Å². The summed E-state index contributed by atoms with van der Waals surface area (Å²) in [5.41, 5.74) is 0.918. The summed E-state index contributed by atoms with van der Waals surface area (Å²) >= 11 is 5.75. The fraction of sp³-hybridized carbons (Fsp3) is 0.176. The number of amides is 1. The van der Waals surface area contributed by atoms with E-state index in [0.29, 0.717) is 16.3 Å². The quantitative estimate of drug-likeness (QED) is 0.743. The van der Waals surface area contributed by atoms with Gasteiger partial charge in [0.15, 0.2) is 5.78 Å². The molecule has 0 aliphatic rings. The summed E-state index contributed by atoms with van der Waals surface area (Å²) in [6, 6.07) is 11.9. The standard InChI is InChI=1S/C17H14ClF2NO3/c18-12-3-1-11(2-4-12)15(22)9-10-16(23)21-13-5-7-14(8-6-13)24-17(19)20/h1-8,17H,9-10H2,(H,21,23). The van der Waals surface area contributed by atoms with Crippen LogP contribution in [0.25, 0.3) is 0 Å². The van der Waals surface area contributed by atoms with Crippen molar-refractivity contribution in [3.63, 3.8) is 0 Å². The number of hydrogen-bond acceptors (Lipinski definition) is 3. The summed E-state index contributed by atoms with van der Waals surface area (Å²) in [7, 11) is 0. The van der Waals surface area contributed by atoms with Gasteiger partial charge in [-0.1, -0.05) is 11.6 Å². The van der Waals surface area contributed by atoms with Gasteiger partial charge in [-0.05, 0) is 48.5 Å². The minimum absolute atomic E-state index is 0.000847. The summed E-state index contributed by atoms with van der Waals surface area (Å²) in [5.74, 6) is -0.511. The van der Waals surface area contributed by atoms with Crippen LogP contribution in [0.1, 0.15) is 23.2 Å². The molecule has 0 bridgehead atoms. The van der Waals surface area contributed by atoms with Crippen molar-refractivity contribution < 1.29 is 23.1 Å². The van der Waals surface area contributed by atoms with Gasteiger partial charge in [0.1, 0.15) is 5.75 Å². The monoisotopic (exact) mass is 353 g/mol.